The molecule has 0 spiro atoms. The van der Waals surface area contributed by atoms with Gasteiger partial charge in [-0.05, 0) is 54.3 Å². The summed E-state index contributed by atoms with van der Waals surface area (Å²) in [6.07, 6.45) is 5.16. The number of hydrogen-bond donors (Lipinski definition) is 2. The molecule has 2 N–H and O–H groups in total. The van der Waals surface area contributed by atoms with E-state index < -0.39 is 11.9 Å². The Hall–Kier alpha value is -2.04. The number of aryl methyl sites for hydroxylation is 2. The number of hydrogen-bond acceptors (Lipinski definition) is 3. The van der Waals surface area contributed by atoms with E-state index in [4.69, 9.17) is 10.7 Å². The van der Waals surface area contributed by atoms with Gasteiger partial charge >= 0.3 is 0 Å². The van der Waals surface area contributed by atoms with Gasteiger partial charge in [0.15, 0.2) is 0 Å². The molecule has 6 heteroatoms. The largest absolute Gasteiger partial charge is 0.289 e. The summed E-state index contributed by atoms with van der Waals surface area (Å²) in [6, 6.07) is 5.82. The molecule has 1 aromatic carbocycles. The summed E-state index contributed by atoms with van der Waals surface area (Å²) in [4.78, 5) is 13.9. The maximum Gasteiger partial charge on any atom is 0.243 e. The van der Waals surface area contributed by atoms with E-state index in [1.165, 1.54) is 24.0 Å². The predicted octanol–water partition coefficient (Wildman–Crippen LogP) is 2.68. The lowest BCUT2D eigenvalue weighted by Gasteiger charge is -2.17. The van der Waals surface area contributed by atoms with Crippen molar-refractivity contribution in [2.24, 2.45) is 5.11 Å². The van der Waals surface area contributed by atoms with Gasteiger partial charge in [0.2, 0.25) is 5.91 Å². The number of hydroxylamine groups is 1. The number of benzene rings is 1. The fourth-order valence-corrected chi connectivity index (χ4v) is 2.67. The van der Waals surface area contributed by atoms with E-state index in [-0.39, 0.29) is 6.42 Å². The van der Waals surface area contributed by atoms with E-state index >= 15 is 0 Å². The first kappa shape index (κ1) is 14.4. The molecule has 20 heavy (non-hydrogen) atoms. The van der Waals surface area contributed by atoms with Crippen molar-refractivity contribution >= 4 is 5.91 Å². The highest BCUT2D eigenvalue weighted by molar-refractivity contribution is 5.75. The molecule has 0 fully saturated rings. The van der Waals surface area contributed by atoms with Crippen molar-refractivity contribution in [1.29, 1.82) is 0 Å². The normalized spacial score (nSPS) is 14.8. The SMILES string of the molecule is [N-]=[N+]=NC(CC(=O)NO)Cc1ccc2c(c1)CCCC2. The van der Waals surface area contributed by atoms with Crippen LogP contribution >= 0.6 is 0 Å². The quantitative estimate of drug-likeness (QED) is 0.284. The molecule has 1 aromatic rings. The van der Waals surface area contributed by atoms with E-state index in [1.807, 2.05) is 6.07 Å². The summed E-state index contributed by atoms with van der Waals surface area (Å²) in [5, 5.41) is 12.2. The van der Waals surface area contributed by atoms with Gasteiger partial charge < -0.3 is 0 Å². The molecule has 0 heterocycles. The molecule has 0 bridgehead atoms. The monoisotopic (exact) mass is 274 g/mol. The minimum absolute atomic E-state index is 0.0162. The van der Waals surface area contributed by atoms with E-state index in [1.54, 1.807) is 5.48 Å². The number of nitrogens with zero attached hydrogens (tertiary/aromatic N) is 3. The fraction of sp³-hybridized carbons (Fsp3) is 0.500. The third-order valence-electron chi connectivity index (χ3n) is 3.64. The highest BCUT2D eigenvalue weighted by atomic mass is 16.5. The number of carbonyl (C=O) groups is 1. The van der Waals surface area contributed by atoms with Gasteiger partial charge in [-0.15, -0.1) is 0 Å². The second kappa shape index (κ2) is 6.93. The summed E-state index contributed by atoms with van der Waals surface area (Å²) < 4.78 is 0. The summed E-state index contributed by atoms with van der Waals surface area (Å²) >= 11 is 0. The van der Waals surface area contributed by atoms with Crippen LogP contribution in [-0.2, 0) is 24.1 Å². The van der Waals surface area contributed by atoms with Gasteiger partial charge in [-0.3, -0.25) is 10.0 Å². The molecule has 1 aliphatic carbocycles. The molecule has 0 aliphatic heterocycles. The lowest BCUT2D eigenvalue weighted by atomic mass is 9.89. The summed E-state index contributed by atoms with van der Waals surface area (Å²) in [7, 11) is 0. The van der Waals surface area contributed by atoms with Crippen LogP contribution < -0.4 is 5.48 Å². The van der Waals surface area contributed by atoms with Gasteiger partial charge in [-0.2, -0.15) is 0 Å². The number of rotatable bonds is 5. The van der Waals surface area contributed by atoms with E-state index in [9.17, 15) is 4.79 Å². The van der Waals surface area contributed by atoms with Crippen molar-refractivity contribution in [3.8, 4) is 0 Å². The first-order chi connectivity index (χ1) is 9.72. The van der Waals surface area contributed by atoms with Crippen LogP contribution in [0.5, 0.6) is 0 Å². The van der Waals surface area contributed by atoms with Gasteiger partial charge in [0.25, 0.3) is 0 Å². The van der Waals surface area contributed by atoms with Crippen LogP contribution in [0, 0.1) is 0 Å². The van der Waals surface area contributed by atoms with Crippen molar-refractivity contribution < 1.29 is 10.0 Å². The van der Waals surface area contributed by atoms with Gasteiger partial charge in [0.1, 0.15) is 0 Å². The number of amides is 1. The smallest absolute Gasteiger partial charge is 0.243 e. The zero-order valence-corrected chi connectivity index (χ0v) is 11.2. The molecule has 106 valence electrons. The van der Waals surface area contributed by atoms with Gasteiger partial charge in [-0.25, -0.2) is 5.48 Å². The zero-order valence-electron chi connectivity index (χ0n) is 11.2. The van der Waals surface area contributed by atoms with Crippen LogP contribution in [0.2, 0.25) is 0 Å². The topological polar surface area (TPSA) is 98.1 Å². The summed E-state index contributed by atoms with van der Waals surface area (Å²) in [5.41, 5.74) is 13.9. The molecule has 1 amide bonds. The molecule has 1 atom stereocenters. The van der Waals surface area contributed by atoms with E-state index in [0.29, 0.717) is 6.42 Å². The van der Waals surface area contributed by atoms with Crippen molar-refractivity contribution in [3.63, 3.8) is 0 Å². The minimum Gasteiger partial charge on any atom is -0.289 e. The number of fused-ring (bicyclic) bond motifs is 1. The van der Waals surface area contributed by atoms with Crippen molar-refractivity contribution in [3.05, 3.63) is 45.3 Å². The fourth-order valence-electron chi connectivity index (χ4n) is 2.67. The molecular formula is C14H18N4O2. The molecule has 0 saturated carbocycles. The summed E-state index contributed by atoms with van der Waals surface area (Å²) in [6.45, 7) is 0. The Morgan fingerprint density at radius 3 is 2.85 bits per heavy atom. The first-order valence-corrected chi connectivity index (χ1v) is 6.80. The minimum atomic E-state index is -0.541. The standard InChI is InChI=1S/C14H18N4O2/c15-18-16-13(9-14(19)17-20)8-10-5-6-11-3-1-2-4-12(11)7-10/h5-7,13,20H,1-4,8-9H2,(H,17,19). The average Bonchev–Trinajstić information content (AvgIpc) is 2.47. The highest BCUT2D eigenvalue weighted by Gasteiger charge is 2.15. The van der Waals surface area contributed by atoms with Crippen molar-refractivity contribution in [1.82, 2.24) is 5.48 Å². The van der Waals surface area contributed by atoms with E-state index in [2.05, 4.69) is 22.2 Å². The van der Waals surface area contributed by atoms with Crippen molar-refractivity contribution in [2.75, 3.05) is 0 Å². The molecule has 6 nitrogen and oxygen atoms in total. The lowest BCUT2D eigenvalue weighted by Crippen LogP contribution is -2.24. The molecule has 0 radical (unpaired) electrons. The van der Waals surface area contributed by atoms with Crippen LogP contribution in [-0.4, -0.2) is 17.2 Å². The Labute approximate surface area is 117 Å². The molecule has 0 aromatic heterocycles. The maximum atomic E-state index is 11.2. The van der Waals surface area contributed by atoms with Crippen LogP contribution in [0.15, 0.2) is 23.3 Å². The van der Waals surface area contributed by atoms with Crippen LogP contribution in [0.1, 0.15) is 36.0 Å². The Balaban J connectivity index is 2.09. The predicted molar refractivity (Wildman–Crippen MR) is 74.3 cm³/mol. The summed E-state index contributed by atoms with van der Waals surface area (Å²) in [5.74, 6) is -0.541. The molecule has 2 rings (SSSR count). The third kappa shape index (κ3) is 3.73. The first-order valence-electron chi connectivity index (χ1n) is 6.80. The molecule has 0 saturated heterocycles. The number of nitrogens with one attached hydrogen (secondary N) is 1. The third-order valence-corrected chi connectivity index (χ3v) is 3.64. The Morgan fingerprint density at radius 1 is 1.40 bits per heavy atom. The van der Waals surface area contributed by atoms with Crippen LogP contribution in [0.4, 0.5) is 0 Å². The van der Waals surface area contributed by atoms with Gasteiger partial charge in [-0.1, -0.05) is 23.3 Å². The van der Waals surface area contributed by atoms with E-state index in [0.717, 1.165) is 18.4 Å². The Morgan fingerprint density at radius 2 is 2.15 bits per heavy atom. The molecule has 1 unspecified atom stereocenters. The Bertz CT molecular complexity index is 538. The second-order valence-corrected chi connectivity index (χ2v) is 5.11. The average molecular weight is 274 g/mol. The number of azide groups is 1. The maximum absolute atomic E-state index is 11.2. The van der Waals surface area contributed by atoms with Crippen LogP contribution in [0.25, 0.3) is 10.4 Å². The van der Waals surface area contributed by atoms with Gasteiger partial charge in [0, 0.05) is 11.3 Å². The van der Waals surface area contributed by atoms with Crippen LogP contribution in [0.3, 0.4) is 0 Å². The molecule has 1 aliphatic rings. The van der Waals surface area contributed by atoms with Gasteiger partial charge in [0.05, 0.1) is 6.04 Å². The Kier molecular flexibility index (Phi) is 4.98. The number of carbonyl (C=O) groups excluding carboxylic acids is 1. The second-order valence-electron chi connectivity index (χ2n) is 5.11. The van der Waals surface area contributed by atoms with Crippen molar-refractivity contribution in [2.45, 2.75) is 44.6 Å². The zero-order chi connectivity index (χ0) is 14.4. The molecular weight excluding hydrogens is 256 g/mol. The highest BCUT2D eigenvalue weighted by Crippen LogP contribution is 2.23. The lowest BCUT2D eigenvalue weighted by molar-refractivity contribution is -0.129.